The average Bonchev–Trinajstić information content (AvgIpc) is 2.61. The molecule has 4 nitrogen and oxygen atoms in total. The molecule has 3 atom stereocenters. The van der Waals surface area contributed by atoms with Crippen LogP contribution in [0.3, 0.4) is 0 Å². The normalized spacial score (nSPS) is 28.9. The van der Waals surface area contributed by atoms with E-state index < -0.39 is 6.10 Å². The first kappa shape index (κ1) is 11.5. The average molecular weight is 200 g/mol. The molecule has 1 aliphatic heterocycles. The molecule has 1 unspecified atom stereocenters. The zero-order valence-electron chi connectivity index (χ0n) is 9.16. The Morgan fingerprint density at radius 2 is 2.29 bits per heavy atom. The molecule has 0 radical (unpaired) electrons. The van der Waals surface area contributed by atoms with Crippen LogP contribution in [0.15, 0.2) is 0 Å². The Morgan fingerprint density at radius 1 is 1.64 bits per heavy atom. The highest BCUT2D eigenvalue weighted by atomic mass is 16.3. The van der Waals surface area contributed by atoms with E-state index in [1.165, 1.54) is 0 Å². The molecule has 1 aliphatic rings. The van der Waals surface area contributed by atoms with Gasteiger partial charge in [0.25, 0.3) is 0 Å². The Bertz CT molecular complexity index is 208. The van der Waals surface area contributed by atoms with Gasteiger partial charge in [0.2, 0.25) is 5.91 Å². The predicted octanol–water partition coefficient (Wildman–Crippen LogP) is -0.176. The van der Waals surface area contributed by atoms with Crippen molar-refractivity contribution in [1.29, 1.82) is 0 Å². The van der Waals surface area contributed by atoms with E-state index >= 15 is 0 Å². The van der Waals surface area contributed by atoms with Gasteiger partial charge < -0.3 is 15.3 Å². The van der Waals surface area contributed by atoms with Gasteiger partial charge in [-0.25, -0.2) is 0 Å². The zero-order valence-corrected chi connectivity index (χ0v) is 9.16. The number of carbonyl (C=O) groups excluding carboxylic acids is 1. The SMILES string of the molecule is CCC(C)C(=O)N(C)[C@@H]1CNC[C@H]1O. The topological polar surface area (TPSA) is 52.6 Å². The molecule has 1 fully saturated rings. The molecule has 4 heteroatoms. The fourth-order valence-corrected chi connectivity index (χ4v) is 1.73. The fraction of sp³-hybridized carbons (Fsp3) is 0.900. The second-order valence-electron chi connectivity index (χ2n) is 4.05. The Hall–Kier alpha value is -0.610. The second-order valence-corrected chi connectivity index (χ2v) is 4.05. The Kier molecular flexibility index (Phi) is 3.89. The Balaban J connectivity index is 2.55. The van der Waals surface area contributed by atoms with Gasteiger partial charge in [-0.3, -0.25) is 4.79 Å². The van der Waals surface area contributed by atoms with Gasteiger partial charge in [-0.1, -0.05) is 13.8 Å². The molecule has 1 saturated heterocycles. The number of amides is 1. The Labute approximate surface area is 85.3 Å². The summed E-state index contributed by atoms with van der Waals surface area (Å²) in [6, 6.07) is -0.0588. The summed E-state index contributed by atoms with van der Waals surface area (Å²) in [6.07, 6.45) is 0.424. The molecule has 82 valence electrons. The Morgan fingerprint density at radius 3 is 2.71 bits per heavy atom. The number of hydrogen-bond donors (Lipinski definition) is 2. The van der Waals surface area contributed by atoms with Crippen LogP contribution in [0.4, 0.5) is 0 Å². The third-order valence-electron chi connectivity index (χ3n) is 3.03. The maximum atomic E-state index is 11.8. The van der Waals surface area contributed by atoms with Crippen LogP contribution in [-0.4, -0.2) is 48.2 Å². The molecular weight excluding hydrogens is 180 g/mol. The van der Waals surface area contributed by atoms with Crippen LogP contribution in [0.1, 0.15) is 20.3 Å². The summed E-state index contributed by atoms with van der Waals surface area (Å²) in [4.78, 5) is 13.5. The molecule has 0 aliphatic carbocycles. The van der Waals surface area contributed by atoms with Crippen molar-refractivity contribution in [2.75, 3.05) is 20.1 Å². The smallest absolute Gasteiger partial charge is 0.225 e. The number of aliphatic hydroxyl groups is 1. The lowest BCUT2D eigenvalue weighted by molar-refractivity contribution is -0.137. The molecule has 0 aromatic heterocycles. The quantitative estimate of drug-likeness (QED) is 0.664. The predicted molar refractivity (Wildman–Crippen MR) is 54.9 cm³/mol. The van der Waals surface area contributed by atoms with Gasteiger partial charge in [-0.2, -0.15) is 0 Å². The number of β-amino-alcohol motifs (C(OH)–C–C–N with tert-alkyl or cyclic N) is 1. The van der Waals surface area contributed by atoms with Crippen LogP contribution in [0.5, 0.6) is 0 Å². The lowest BCUT2D eigenvalue weighted by atomic mass is 10.1. The van der Waals surface area contributed by atoms with E-state index in [1.807, 2.05) is 13.8 Å². The highest BCUT2D eigenvalue weighted by molar-refractivity contribution is 5.78. The van der Waals surface area contributed by atoms with Crippen molar-refractivity contribution in [2.45, 2.75) is 32.4 Å². The summed E-state index contributed by atoms with van der Waals surface area (Å²) in [6.45, 7) is 5.20. The minimum absolute atomic E-state index is 0.0489. The molecule has 1 amide bonds. The summed E-state index contributed by atoms with van der Waals surface area (Å²) in [5, 5.41) is 12.7. The molecular formula is C10H20N2O2. The second kappa shape index (κ2) is 4.75. The molecule has 0 bridgehead atoms. The minimum Gasteiger partial charge on any atom is -0.390 e. The summed E-state index contributed by atoms with van der Waals surface area (Å²) >= 11 is 0. The van der Waals surface area contributed by atoms with Crippen LogP contribution in [0.25, 0.3) is 0 Å². The third kappa shape index (κ3) is 2.25. The van der Waals surface area contributed by atoms with Crippen molar-refractivity contribution in [3.8, 4) is 0 Å². The van der Waals surface area contributed by atoms with Gasteiger partial charge in [-0.15, -0.1) is 0 Å². The van der Waals surface area contributed by atoms with Crippen molar-refractivity contribution in [1.82, 2.24) is 10.2 Å². The van der Waals surface area contributed by atoms with Crippen LogP contribution >= 0.6 is 0 Å². The van der Waals surface area contributed by atoms with E-state index in [2.05, 4.69) is 5.32 Å². The first-order valence-corrected chi connectivity index (χ1v) is 5.23. The molecule has 0 spiro atoms. The molecule has 2 N–H and O–H groups in total. The molecule has 0 saturated carbocycles. The van der Waals surface area contributed by atoms with Crippen LogP contribution < -0.4 is 5.32 Å². The number of nitrogens with zero attached hydrogens (tertiary/aromatic N) is 1. The van der Waals surface area contributed by atoms with Crippen molar-refractivity contribution >= 4 is 5.91 Å². The lowest BCUT2D eigenvalue weighted by Crippen LogP contribution is -2.46. The van der Waals surface area contributed by atoms with Gasteiger partial charge in [0.05, 0.1) is 12.1 Å². The van der Waals surface area contributed by atoms with Gasteiger partial charge in [0, 0.05) is 26.1 Å². The van der Waals surface area contributed by atoms with Crippen molar-refractivity contribution in [3.63, 3.8) is 0 Å². The maximum Gasteiger partial charge on any atom is 0.225 e. The molecule has 1 heterocycles. The fourth-order valence-electron chi connectivity index (χ4n) is 1.73. The number of carbonyl (C=O) groups is 1. The number of aliphatic hydroxyl groups excluding tert-OH is 1. The van der Waals surface area contributed by atoms with Crippen molar-refractivity contribution < 1.29 is 9.90 Å². The first-order valence-electron chi connectivity index (χ1n) is 5.23. The lowest BCUT2D eigenvalue weighted by Gasteiger charge is -2.28. The van der Waals surface area contributed by atoms with Gasteiger partial charge in [-0.05, 0) is 6.42 Å². The number of rotatable bonds is 3. The maximum absolute atomic E-state index is 11.8. The van der Waals surface area contributed by atoms with Gasteiger partial charge in [0.15, 0.2) is 0 Å². The standard InChI is InChI=1S/C10H20N2O2/c1-4-7(2)10(14)12(3)8-5-11-6-9(8)13/h7-9,11,13H,4-6H2,1-3H3/t7?,8-,9-/m1/s1. The monoisotopic (exact) mass is 200 g/mol. The minimum atomic E-state index is -0.423. The van der Waals surface area contributed by atoms with Gasteiger partial charge >= 0.3 is 0 Å². The summed E-state index contributed by atoms with van der Waals surface area (Å²) in [5.74, 6) is 0.174. The van der Waals surface area contributed by atoms with E-state index in [0.717, 1.165) is 6.42 Å². The molecule has 1 rings (SSSR count). The summed E-state index contributed by atoms with van der Waals surface area (Å²) in [7, 11) is 1.77. The largest absolute Gasteiger partial charge is 0.390 e. The van der Waals surface area contributed by atoms with Crippen molar-refractivity contribution in [2.24, 2.45) is 5.92 Å². The van der Waals surface area contributed by atoms with Crippen molar-refractivity contribution in [3.05, 3.63) is 0 Å². The van der Waals surface area contributed by atoms with E-state index in [4.69, 9.17) is 0 Å². The third-order valence-corrected chi connectivity index (χ3v) is 3.03. The zero-order chi connectivity index (χ0) is 10.7. The summed E-state index contributed by atoms with van der Waals surface area (Å²) < 4.78 is 0. The number of nitrogens with one attached hydrogen (secondary N) is 1. The van der Waals surface area contributed by atoms with E-state index in [-0.39, 0.29) is 17.9 Å². The molecule has 14 heavy (non-hydrogen) atoms. The van der Waals surface area contributed by atoms with Crippen LogP contribution in [0.2, 0.25) is 0 Å². The highest BCUT2D eigenvalue weighted by Crippen LogP contribution is 2.12. The molecule has 0 aromatic rings. The summed E-state index contributed by atoms with van der Waals surface area (Å²) in [5.41, 5.74) is 0. The van der Waals surface area contributed by atoms with E-state index in [1.54, 1.807) is 11.9 Å². The first-order chi connectivity index (χ1) is 6.57. The highest BCUT2D eigenvalue weighted by Gasteiger charge is 2.32. The van der Waals surface area contributed by atoms with E-state index in [0.29, 0.717) is 13.1 Å². The van der Waals surface area contributed by atoms with Crippen LogP contribution in [-0.2, 0) is 4.79 Å². The van der Waals surface area contributed by atoms with Crippen LogP contribution in [0, 0.1) is 5.92 Å². The van der Waals surface area contributed by atoms with E-state index in [9.17, 15) is 9.90 Å². The molecule has 0 aromatic carbocycles. The number of hydrogen-bond acceptors (Lipinski definition) is 3. The number of likely N-dealkylation sites (N-methyl/N-ethyl adjacent to an activating group) is 1. The van der Waals surface area contributed by atoms with Gasteiger partial charge in [0.1, 0.15) is 0 Å².